The van der Waals surface area contributed by atoms with Crippen LogP contribution in [0.1, 0.15) is 50.8 Å². The Morgan fingerprint density at radius 2 is 2.15 bits per heavy atom. The molecule has 1 aliphatic carbocycles. The SMILES string of the molecule is CC1=NC2=C(C(=O)CCC2(C)C)C(c2ccc(Cl)s2)C1. The van der Waals surface area contributed by atoms with Crippen LogP contribution in [0.3, 0.4) is 0 Å². The highest BCUT2D eigenvalue weighted by atomic mass is 35.5. The number of Topliss-reactive ketones (excluding diaryl/α,β-unsaturated/α-hetero) is 1. The molecule has 0 radical (unpaired) electrons. The number of thiophene rings is 1. The van der Waals surface area contributed by atoms with E-state index in [1.807, 2.05) is 6.07 Å². The fourth-order valence-corrected chi connectivity index (χ4v) is 4.31. The third-order valence-corrected chi connectivity index (χ3v) is 5.61. The van der Waals surface area contributed by atoms with Gasteiger partial charge in [0, 0.05) is 33.9 Å². The van der Waals surface area contributed by atoms with Crippen molar-refractivity contribution in [2.75, 3.05) is 0 Å². The van der Waals surface area contributed by atoms with Gasteiger partial charge >= 0.3 is 0 Å². The Labute approximate surface area is 128 Å². The molecule has 1 aromatic rings. The van der Waals surface area contributed by atoms with Crippen LogP contribution in [-0.2, 0) is 4.79 Å². The molecule has 0 saturated carbocycles. The van der Waals surface area contributed by atoms with E-state index in [4.69, 9.17) is 16.6 Å². The van der Waals surface area contributed by atoms with Crippen LogP contribution in [0.2, 0.25) is 4.34 Å². The first-order valence-corrected chi connectivity index (χ1v) is 8.15. The minimum Gasteiger partial charge on any atom is -0.294 e. The Kier molecular flexibility index (Phi) is 3.38. The molecule has 1 unspecified atom stereocenters. The molecule has 0 bridgehead atoms. The van der Waals surface area contributed by atoms with Gasteiger partial charge in [-0.2, -0.15) is 0 Å². The van der Waals surface area contributed by atoms with Crippen LogP contribution >= 0.6 is 22.9 Å². The van der Waals surface area contributed by atoms with E-state index in [0.717, 1.165) is 34.2 Å². The zero-order valence-electron chi connectivity index (χ0n) is 12.0. The number of halogens is 1. The number of rotatable bonds is 1. The summed E-state index contributed by atoms with van der Waals surface area (Å²) >= 11 is 7.65. The highest BCUT2D eigenvalue weighted by molar-refractivity contribution is 7.16. The molecule has 0 fully saturated rings. The lowest BCUT2D eigenvalue weighted by molar-refractivity contribution is -0.117. The number of ketones is 1. The first-order chi connectivity index (χ1) is 9.38. The third kappa shape index (κ3) is 2.27. The molecule has 0 saturated heterocycles. The van der Waals surface area contributed by atoms with Gasteiger partial charge in [-0.25, -0.2) is 0 Å². The van der Waals surface area contributed by atoms with E-state index < -0.39 is 0 Å². The van der Waals surface area contributed by atoms with Crippen molar-refractivity contribution in [1.29, 1.82) is 0 Å². The molecule has 0 N–H and O–H groups in total. The summed E-state index contributed by atoms with van der Waals surface area (Å²) in [6, 6.07) is 3.97. The Balaban J connectivity index is 2.16. The lowest BCUT2D eigenvalue weighted by atomic mass is 9.70. The topological polar surface area (TPSA) is 29.4 Å². The summed E-state index contributed by atoms with van der Waals surface area (Å²) in [6.07, 6.45) is 2.35. The lowest BCUT2D eigenvalue weighted by Crippen LogP contribution is -2.31. The highest BCUT2D eigenvalue weighted by Gasteiger charge is 2.40. The first-order valence-electron chi connectivity index (χ1n) is 6.96. The number of hydrogen-bond acceptors (Lipinski definition) is 3. The van der Waals surface area contributed by atoms with Crippen molar-refractivity contribution in [1.82, 2.24) is 0 Å². The van der Waals surface area contributed by atoms with Crippen LogP contribution in [0.15, 0.2) is 28.4 Å². The standard InChI is InChI=1S/C16H18ClNOS/c1-9-8-10(12-4-5-13(17)20-12)14-11(19)6-7-16(2,3)15(14)18-9/h4-5,10H,6-8H2,1-3H3. The number of hydrogen-bond donors (Lipinski definition) is 0. The molecule has 2 nitrogen and oxygen atoms in total. The van der Waals surface area contributed by atoms with Crippen molar-refractivity contribution in [3.05, 3.63) is 32.6 Å². The van der Waals surface area contributed by atoms with E-state index in [0.29, 0.717) is 6.42 Å². The summed E-state index contributed by atoms with van der Waals surface area (Å²) in [4.78, 5) is 18.4. The predicted octanol–water partition coefficient (Wildman–Crippen LogP) is 4.99. The van der Waals surface area contributed by atoms with Crippen molar-refractivity contribution >= 4 is 34.4 Å². The van der Waals surface area contributed by atoms with Crippen molar-refractivity contribution in [3.8, 4) is 0 Å². The largest absolute Gasteiger partial charge is 0.294 e. The van der Waals surface area contributed by atoms with E-state index >= 15 is 0 Å². The summed E-state index contributed by atoms with van der Waals surface area (Å²) < 4.78 is 0.782. The maximum Gasteiger partial charge on any atom is 0.161 e. The van der Waals surface area contributed by atoms with Crippen molar-refractivity contribution in [3.63, 3.8) is 0 Å². The molecule has 3 rings (SSSR count). The molecular weight excluding hydrogens is 290 g/mol. The van der Waals surface area contributed by atoms with Gasteiger partial charge in [0.1, 0.15) is 0 Å². The maximum atomic E-state index is 12.5. The van der Waals surface area contributed by atoms with Gasteiger partial charge in [-0.3, -0.25) is 9.79 Å². The molecule has 1 atom stereocenters. The summed E-state index contributed by atoms with van der Waals surface area (Å²) in [5.41, 5.74) is 3.04. The monoisotopic (exact) mass is 307 g/mol. The average molecular weight is 308 g/mol. The van der Waals surface area contributed by atoms with Gasteiger partial charge in [0.2, 0.25) is 0 Å². The Hall–Kier alpha value is -0.930. The maximum absolute atomic E-state index is 12.5. The minimum atomic E-state index is -0.00969. The number of carbonyl (C=O) groups is 1. The van der Waals surface area contributed by atoms with Gasteiger partial charge in [-0.15, -0.1) is 11.3 Å². The summed E-state index contributed by atoms with van der Waals surface area (Å²) in [5.74, 6) is 0.414. The van der Waals surface area contributed by atoms with Crippen molar-refractivity contribution in [2.45, 2.75) is 46.0 Å². The minimum absolute atomic E-state index is 0.00969. The number of carbonyl (C=O) groups excluding carboxylic acids is 1. The second-order valence-electron chi connectivity index (χ2n) is 6.32. The zero-order valence-corrected chi connectivity index (χ0v) is 13.6. The molecule has 0 spiro atoms. The lowest BCUT2D eigenvalue weighted by Gasteiger charge is -2.37. The van der Waals surface area contributed by atoms with Gasteiger partial charge in [-0.05, 0) is 31.9 Å². The van der Waals surface area contributed by atoms with E-state index in [1.54, 1.807) is 11.3 Å². The normalized spacial score (nSPS) is 25.5. The predicted molar refractivity (Wildman–Crippen MR) is 84.8 cm³/mol. The van der Waals surface area contributed by atoms with Crippen LogP contribution in [0.25, 0.3) is 0 Å². The van der Waals surface area contributed by atoms with Gasteiger partial charge in [0.15, 0.2) is 5.78 Å². The Morgan fingerprint density at radius 3 is 2.80 bits per heavy atom. The first kappa shape index (κ1) is 14.0. The molecule has 1 aromatic heterocycles. The second-order valence-corrected chi connectivity index (χ2v) is 8.06. The Morgan fingerprint density at radius 1 is 1.40 bits per heavy atom. The van der Waals surface area contributed by atoms with E-state index in [9.17, 15) is 4.79 Å². The fraction of sp³-hybridized carbons (Fsp3) is 0.500. The van der Waals surface area contributed by atoms with E-state index in [2.05, 4.69) is 26.8 Å². The molecule has 20 heavy (non-hydrogen) atoms. The zero-order chi connectivity index (χ0) is 14.5. The van der Waals surface area contributed by atoms with Crippen LogP contribution in [0.4, 0.5) is 0 Å². The van der Waals surface area contributed by atoms with Gasteiger partial charge < -0.3 is 0 Å². The third-order valence-electron chi connectivity index (χ3n) is 4.26. The molecule has 0 amide bonds. The van der Waals surface area contributed by atoms with Crippen molar-refractivity contribution in [2.24, 2.45) is 10.4 Å². The molecule has 1 aliphatic heterocycles. The molecule has 4 heteroatoms. The highest BCUT2D eigenvalue weighted by Crippen LogP contribution is 2.48. The number of aliphatic imine (C=N–C) groups is 1. The molecular formula is C16H18ClNOS. The second kappa shape index (κ2) is 4.81. The molecule has 2 aliphatic rings. The molecule has 2 heterocycles. The van der Waals surface area contributed by atoms with Crippen molar-refractivity contribution < 1.29 is 4.79 Å². The average Bonchev–Trinajstić information content (AvgIpc) is 2.80. The van der Waals surface area contributed by atoms with Crippen LogP contribution < -0.4 is 0 Å². The van der Waals surface area contributed by atoms with Gasteiger partial charge in [0.25, 0.3) is 0 Å². The van der Waals surface area contributed by atoms with Crippen LogP contribution in [0, 0.1) is 5.41 Å². The Bertz CT molecular complexity index is 639. The van der Waals surface area contributed by atoms with Gasteiger partial charge in [0.05, 0.1) is 10.0 Å². The van der Waals surface area contributed by atoms with Gasteiger partial charge in [-0.1, -0.05) is 25.4 Å². The van der Waals surface area contributed by atoms with Crippen LogP contribution in [-0.4, -0.2) is 11.5 Å². The van der Waals surface area contributed by atoms with E-state index in [1.165, 1.54) is 4.88 Å². The molecule has 0 aromatic carbocycles. The molecule has 106 valence electrons. The summed E-state index contributed by atoms with van der Waals surface area (Å²) in [6.45, 7) is 6.44. The quantitative estimate of drug-likeness (QED) is 0.718. The fourth-order valence-electron chi connectivity index (χ4n) is 3.14. The summed E-state index contributed by atoms with van der Waals surface area (Å²) in [7, 11) is 0. The summed E-state index contributed by atoms with van der Waals surface area (Å²) in [5, 5.41) is 0. The number of allylic oxidation sites excluding steroid dienone is 2. The smallest absolute Gasteiger partial charge is 0.161 e. The van der Waals surface area contributed by atoms with E-state index in [-0.39, 0.29) is 17.1 Å². The number of nitrogens with zero attached hydrogens (tertiary/aromatic N) is 1. The van der Waals surface area contributed by atoms with Crippen LogP contribution in [0.5, 0.6) is 0 Å².